The summed E-state index contributed by atoms with van der Waals surface area (Å²) < 4.78 is 50.2. The summed E-state index contributed by atoms with van der Waals surface area (Å²) in [5.74, 6) is -2.86. The first-order chi connectivity index (χ1) is 7.27. The molecule has 1 rings (SSSR count). The monoisotopic (exact) mass is 232 g/mol. The van der Waals surface area contributed by atoms with Gasteiger partial charge in [0.2, 0.25) is 0 Å². The average molecular weight is 232 g/mol. The second-order valence-electron chi connectivity index (χ2n) is 3.34. The number of nitriles is 1. The number of anilines is 1. The third-order valence-electron chi connectivity index (χ3n) is 2.25. The average Bonchev–Trinajstić information content (AvgIpc) is 2.14. The summed E-state index contributed by atoms with van der Waals surface area (Å²) in [6.45, 7) is 0.903. The molecule has 0 amide bonds. The lowest BCUT2D eigenvalue weighted by molar-refractivity contribution is -0.146. The van der Waals surface area contributed by atoms with Crippen LogP contribution in [0, 0.1) is 17.1 Å². The van der Waals surface area contributed by atoms with Crippen LogP contribution in [0.5, 0.6) is 0 Å². The van der Waals surface area contributed by atoms with Crippen LogP contribution >= 0.6 is 0 Å². The number of nitrogens with zero attached hydrogens (tertiary/aromatic N) is 1. The lowest BCUT2D eigenvalue weighted by Crippen LogP contribution is -2.18. The van der Waals surface area contributed by atoms with Crippen LogP contribution in [0.15, 0.2) is 12.1 Å². The van der Waals surface area contributed by atoms with Crippen molar-refractivity contribution in [1.82, 2.24) is 0 Å². The fraction of sp³-hybridized carbons (Fsp3) is 0.300. The summed E-state index contributed by atoms with van der Waals surface area (Å²) in [6.07, 6.45) is -4.47. The van der Waals surface area contributed by atoms with E-state index in [1.54, 1.807) is 0 Å². The number of rotatable bonds is 1. The van der Waals surface area contributed by atoms with E-state index in [1.807, 2.05) is 0 Å². The summed E-state index contributed by atoms with van der Waals surface area (Å²) in [5, 5.41) is 8.50. The molecule has 1 aromatic carbocycles. The van der Waals surface area contributed by atoms with Crippen LogP contribution in [0.4, 0.5) is 23.2 Å². The van der Waals surface area contributed by atoms with E-state index in [2.05, 4.69) is 0 Å². The topological polar surface area (TPSA) is 49.8 Å². The van der Waals surface area contributed by atoms with Crippen molar-refractivity contribution in [3.05, 3.63) is 29.1 Å². The van der Waals surface area contributed by atoms with Gasteiger partial charge in [-0.3, -0.25) is 0 Å². The lowest BCUT2D eigenvalue weighted by Gasteiger charge is -2.16. The highest BCUT2D eigenvalue weighted by Gasteiger charge is 2.37. The fourth-order valence-corrected chi connectivity index (χ4v) is 1.21. The first kappa shape index (κ1) is 12.3. The quantitative estimate of drug-likeness (QED) is 0.597. The molecule has 0 aliphatic rings. The van der Waals surface area contributed by atoms with Gasteiger partial charge in [0.25, 0.3) is 0 Å². The van der Waals surface area contributed by atoms with Crippen molar-refractivity contribution in [1.29, 1.82) is 5.26 Å². The smallest absolute Gasteiger partial charge is 0.395 e. The Kier molecular flexibility index (Phi) is 3.08. The van der Waals surface area contributed by atoms with Gasteiger partial charge in [-0.15, -0.1) is 0 Å². The minimum Gasteiger partial charge on any atom is -0.398 e. The summed E-state index contributed by atoms with van der Waals surface area (Å²) >= 11 is 0. The second-order valence-corrected chi connectivity index (χ2v) is 3.34. The summed E-state index contributed by atoms with van der Waals surface area (Å²) in [4.78, 5) is 0. The van der Waals surface area contributed by atoms with Crippen molar-refractivity contribution in [3.63, 3.8) is 0 Å². The zero-order chi connectivity index (χ0) is 12.5. The molecule has 0 bridgehead atoms. The number of benzene rings is 1. The molecule has 1 aromatic rings. The summed E-state index contributed by atoms with van der Waals surface area (Å²) in [7, 11) is 0. The maximum Gasteiger partial charge on any atom is 0.395 e. The largest absolute Gasteiger partial charge is 0.398 e. The molecule has 2 nitrogen and oxygen atoms in total. The number of nitrogen functional groups attached to an aromatic ring is 1. The molecule has 0 fully saturated rings. The minimum atomic E-state index is -4.47. The SMILES string of the molecule is CC(c1cc(N)c(C#N)c(F)c1)C(F)(F)F. The third-order valence-corrected chi connectivity index (χ3v) is 2.25. The molecule has 0 saturated heterocycles. The van der Waals surface area contributed by atoms with E-state index in [0.29, 0.717) is 6.07 Å². The molecule has 0 heterocycles. The lowest BCUT2D eigenvalue weighted by atomic mass is 9.98. The van der Waals surface area contributed by atoms with Crippen molar-refractivity contribution in [2.45, 2.75) is 19.0 Å². The van der Waals surface area contributed by atoms with E-state index in [1.165, 1.54) is 6.07 Å². The van der Waals surface area contributed by atoms with Crippen molar-refractivity contribution >= 4 is 5.69 Å². The van der Waals surface area contributed by atoms with Crippen LogP contribution in [-0.4, -0.2) is 6.18 Å². The Morgan fingerprint density at radius 3 is 2.31 bits per heavy atom. The van der Waals surface area contributed by atoms with Crippen LogP contribution in [0.25, 0.3) is 0 Å². The van der Waals surface area contributed by atoms with Gasteiger partial charge < -0.3 is 5.73 Å². The van der Waals surface area contributed by atoms with E-state index >= 15 is 0 Å². The Hall–Kier alpha value is -1.77. The Bertz CT molecular complexity index is 422. The normalized spacial score (nSPS) is 13.2. The second kappa shape index (κ2) is 4.00. The van der Waals surface area contributed by atoms with Crippen LogP contribution < -0.4 is 5.73 Å². The van der Waals surface area contributed by atoms with E-state index in [-0.39, 0.29) is 11.3 Å². The molecule has 16 heavy (non-hydrogen) atoms. The van der Waals surface area contributed by atoms with Crippen LogP contribution in [0.3, 0.4) is 0 Å². The van der Waals surface area contributed by atoms with Crippen molar-refractivity contribution in [2.75, 3.05) is 5.73 Å². The van der Waals surface area contributed by atoms with E-state index < -0.39 is 23.5 Å². The van der Waals surface area contributed by atoms with Gasteiger partial charge in [-0.1, -0.05) is 0 Å². The molecule has 1 unspecified atom stereocenters. The van der Waals surface area contributed by atoms with Gasteiger partial charge in [-0.25, -0.2) is 4.39 Å². The summed E-state index contributed by atoms with van der Waals surface area (Å²) in [6, 6.07) is 3.15. The Labute approximate surface area is 89.3 Å². The molecule has 0 aliphatic carbocycles. The van der Waals surface area contributed by atoms with Crippen molar-refractivity contribution < 1.29 is 17.6 Å². The molecule has 0 aliphatic heterocycles. The van der Waals surface area contributed by atoms with Crippen LogP contribution in [0.2, 0.25) is 0 Å². The molecule has 2 N–H and O–H groups in total. The van der Waals surface area contributed by atoms with Gasteiger partial charge in [0, 0.05) is 0 Å². The molecular weight excluding hydrogens is 224 g/mol. The predicted octanol–water partition coefficient (Wildman–Crippen LogP) is 2.95. The van der Waals surface area contributed by atoms with Crippen molar-refractivity contribution in [3.8, 4) is 6.07 Å². The predicted molar refractivity (Wildman–Crippen MR) is 50.0 cm³/mol. The Balaban J connectivity index is 3.25. The highest BCUT2D eigenvalue weighted by atomic mass is 19.4. The zero-order valence-electron chi connectivity index (χ0n) is 8.27. The fourth-order valence-electron chi connectivity index (χ4n) is 1.21. The zero-order valence-corrected chi connectivity index (χ0v) is 8.27. The number of nitrogens with two attached hydrogens (primary N) is 1. The van der Waals surface area contributed by atoms with E-state index in [0.717, 1.165) is 13.0 Å². The number of halogens is 4. The van der Waals surface area contributed by atoms with Crippen LogP contribution in [0.1, 0.15) is 24.0 Å². The number of hydrogen-bond acceptors (Lipinski definition) is 2. The maximum absolute atomic E-state index is 13.2. The van der Waals surface area contributed by atoms with Crippen molar-refractivity contribution in [2.24, 2.45) is 0 Å². The highest BCUT2D eigenvalue weighted by Crippen LogP contribution is 2.35. The first-order valence-electron chi connectivity index (χ1n) is 4.33. The molecular formula is C10H8F4N2. The minimum absolute atomic E-state index is 0.284. The van der Waals surface area contributed by atoms with Crippen LogP contribution in [-0.2, 0) is 0 Å². The first-order valence-corrected chi connectivity index (χ1v) is 4.33. The standard InChI is InChI=1S/C10H8F4N2/c1-5(10(12,13)14)6-2-8(11)7(4-15)9(16)3-6/h2-3,5H,16H2,1H3. The molecule has 0 aromatic heterocycles. The number of alkyl halides is 3. The maximum atomic E-state index is 13.2. The van der Waals surface area contributed by atoms with Gasteiger partial charge in [0.15, 0.2) is 0 Å². The summed E-state index contributed by atoms with van der Waals surface area (Å²) in [5.41, 5.74) is 4.28. The molecule has 1 atom stereocenters. The highest BCUT2D eigenvalue weighted by molar-refractivity contribution is 5.56. The van der Waals surface area contributed by atoms with Gasteiger partial charge in [-0.2, -0.15) is 18.4 Å². The third kappa shape index (κ3) is 2.24. The number of hydrogen-bond donors (Lipinski definition) is 1. The van der Waals surface area contributed by atoms with Gasteiger partial charge in [-0.05, 0) is 24.6 Å². The van der Waals surface area contributed by atoms with E-state index in [9.17, 15) is 17.6 Å². The van der Waals surface area contributed by atoms with Gasteiger partial charge >= 0.3 is 6.18 Å². The van der Waals surface area contributed by atoms with Gasteiger partial charge in [0.1, 0.15) is 17.4 Å². The molecule has 0 spiro atoms. The Morgan fingerprint density at radius 2 is 1.94 bits per heavy atom. The molecule has 86 valence electrons. The van der Waals surface area contributed by atoms with E-state index in [4.69, 9.17) is 11.0 Å². The molecule has 0 radical (unpaired) electrons. The van der Waals surface area contributed by atoms with Gasteiger partial charge in [0.05, 0.1) is 11.6 Å². The molecule has 0 saturated carbocycles. The molecule has 6 heteroatoms. The Morgan fingerprint density at radius 1 is 1.38 bits per heavy atom.